The molecule has 3 heteroatoms. The topological polar surface area (TPSA) is 33.1 Å². The van der Waals surface area contributed by atoms with Gasteiger partial charge in [-0.15, -0.1) is 11.3 Å². The van der Waals surface area contributed by atoms with Crippen molar-refractivity contribution in [1.29, 1.82) is 0 Å². The Morgan fingerprint density at radius 3 is 2.67 bits per heavy atom. The first kappa shape index (κ1) is 13.2. The van der Waals surface area contributed by atoms with Gasteiger partial charge in [0.05, 0.1) is 16.3 Å². The van der Waals surface area contributed by atoms with Gasteiger partial charge in [0, 0.05) is 17.4 Å². The molecule has 1 N–H and O–H groups in total. The highest BCUT2D eigenvalue weighted by atomic mass is 32.1. The van der Waals surface area contributed by atoms with Crippen LogP contribution < -0.4 is 0 Å². The molecule has 1 aromatic carbocycles. The SMILES string of the molecule is Cc1ccc(C)c(-c2csc(CC(C)(C)O)n2)c1. The molecule has 0 aliphatic heterocycles. The quantitative estimate of drug-likeness (QED) is 0.913. The predicted molar refractivity (Wildman–Crippen MR) is 77.0 cm³/mol. The van der Waals surface area contributed by atoms with Crippen LogP contribution in [0, 0.1) is 13.8 Å². The first-order valence-electron chi connectivity index (χ1n) is 6.09. The number of hydrogen-bond donors (Lipinski definition) is 1. The zero-order valence-corrected chi connectivity index (χ0v) is 12.1. The number of thiazole rings is 1. The number of aliphatic hydroxyl groups is 1. The Balaban J connectivity index is 2.32. The lowest BCUT2D eigenvalue weighted by molar-refractivity contribution is 0.0809. The minimum atomic E-state index is -0.698. The van der Waals surface area contributed by atoms with Crippen molar-refractivity contribution in [2.75, 3.05) is 0 Å². The first-order chi connectivity index (χ1) is 8.35. The summed E-state index contributed by atoms with van der Waals surface area (Å²) in [6.07, 6.45) is 0.600. The van der Waals surface area contributed by atoms with E-state index in [-0.39, 0.29) is 0 Å². The summed E-state index contributed by atoms with van der Waals surface area (Å²) in [6.45, 7) is 7.81. The fourth-order valence-electron chi connectivity index (χ4n) is 1.90. The van der Waals surface area contributed by atoms with Crippen LogP contribution in [0.4, 0.5) is 0 Å². The van der Waals surface area contributed by atoms with Crippen LogP contribution in [0.3, 0.4) is 0 Å². The van der Waals surface area contributed by atoms with E-state index in [2.05, 4.69) is 42.4 Å². The summed E-state index contributed by atoms with van der Waals surface area (Å²) in [6, 6.07) is 6.40. The van der Waals surface area contributed by atoms with E-state index in [0.29, 0.717) is 6.42 Å². The van der Waals surface area contributed by atoms with Crippen LogP contribution >= 0.6 is 11.3 Å². The lowest BCUT2D eigenvalue weighted by Gasteiger charge is -2.14. The van der Waals surface area contributed by atoms with Gasteiger partial charge in [0.1, 0.15) is 0 Å². The minimum Gasteiger partial charge on any atom is -0.390 e. The Morgan fingerprint density at radius 1 is 1.28 bits per heavy atom. The van der Waals surface area contributed by atoms with Crippen molar-refractivity contribution in [2.45, 2.75) is 39.7 Å². The summed E-state index contributed by atoms with van der Waals surface area (Å²) in [4.78, 5) is 4.63. The maximum absolute atomic E-state index is 9.82. The number of nitrogens with zero attached hydrogens (tertiary/aromatic N) is 1. The van der Waals surface area contributed by atoms with E-state index in [1.54, 1.807) is 11.3 Å². The van der Waals surface area contributed by atoms with Crippen LogP contribution in [0.25, 0.3) is 11.3 Å². The maximum Gasteiger partial charge on any atom is 0.0961 e. The molecule has 18 heavy (non-hydrogen) atoms. The number of rotatable bonds is 3. The Kier molecular flexibility index (Phi) is 3.55. The van der Waals surface area contributed by atoms with Gasteiger partial charge in [0.15, 0.2) is 0 Å². The van der Waals surface area contributed by atoms with Gasteiger partial charge in [-0.05, 0) is 39.3 Å². The molecule has 0 amide bonds. The molecular weight excluding hydrogens is 242 g/mol. The molecular formula is C15H19NOS. The molecule has 0 atom stereocenters. The summed E-state index contributed by atoms with van der Waals surface area (Å²) in [5, 5.41) is 12.9. The molecule has 2 nitrogen and oxygen atoms in total. The fourth-order valence-corrected chi connectivity index (χ4v) is 2.91. The second kappa shape index (κ2) is 4.82. The lowest BCUT2D eigenvalue weighted by atomic mass is 10.0. The van der Waals surface area contributed by atoms with E-state index in [0.717, 1.165) is 10.7 Å². The summed E-state index contributed by atoms with van der Waals surface area (Å²) in [7, 11) is 0. The summed E-state index contributed by atoms with van der Waals surface area (Å²) < 4.78 is 0. The second-order valence-electron chi connectivity index (χ2n) is 5.43. The number of benzene rings is 1. The second-order valence-corrected chi connectivity index (χ2v) is 6.38. The van der Waals surface area contributed by atoms with E-state index in [1.807, 2.05) is 13.8 Å². The molecule has 0 saturated heterocycles. The number of hydrogen-bond acceptors (Lipinski definition) is 3. The van der Waals surface area contributed by atoms with Gasteiger partial charge in [-0.3, -0.25) is 0 Å². The molecule has 1 aromatic heterocycles. The fraction of sp³-hybridized carbons (Fsp3) is 0.400. The molecule has 0 spiro atoms. The zero-order chi connectivity index (χ0) is 13.3. The van der Waals surface area contributed by atoms with Gasteiger partial charge in [-0.1, -0.05) is 17.7 Å². The summed E-state index contributed by atoms with van der Waals surface area (Å²) in [5.74, 6) is 0. The van der Waals surface area contributed by atoms with Gasteiger partial charge >= 0.3 is 0 Å². The van der Waals surface area contributed by atoms with Crippen molar-refractivity contribution in [3.05, 3.63) is 39.7 Å². The van der Waals surface area contributed by atoms with Crippen molar-refractivity contribution in [2.24, 2.45) is 0 Å². The monoisotopic (exact) mass is 261 g/mol. The smallest absolute Gasteiger partial charge is 0.0961 e. The van der Waals surface area contributed by atoms with Gasteiger partial charge in [0.25, 0.3) is 0 Å². The van der Waals surface area contributed by atoms with Crippen LogP contribution in [0.2, 0.25) is 0 Å². The van der Waals surface area contributed by atoms with Crippen molar-refractivity contribution in [3.63, 3.8) is 0 Å². The third-order valence-electron chi connectivity index (χ3n) is 2.80. The molecule has 0 aliphatic carbocycles. The zero-order valence-electron chi connectivity index (χ0n) is 11.3. The molecule has 0 unspecified atom stereocenters. The molecule has 1 heterocycles. The molecule has 0 bridgehead atoms. The standard InChI is InChI=1S/C15H19NOS/c1-10-5-6-11(2)12(7-10)13-9-18-14(16-13)8-15(3,4)17/h5-7,9,17H,8H2,1-4H3. The lowest BCUT2D eigenvalue weighted by Crippen LogP contribution is -2.21. The Morgan fingerprint density at radius 2 is 2.00 bits per heavy atom. The van der Waals surface area contributed by atoms with Crippen LogP contribution in [0.15, 0.2) is 23.6 Å². The average Bonchev–Trinajstić information content (AvgIpc) is 2.67. The largest absolute Gasteiger partial charge is 0.390 e. The molecule has 2 rings (SSSR count). The van der Waals surface area contributed by atoms with E-state index in [9.17, 15) is 5.11 Å². The van der Waals surface area contributed by atoms with Gasteiger partial charge in [-0.25, -0.2) is 4.98 Å². The molecule has 0 radical (unpaired) electrons. The Hall–Kier alpha value is -1.19. The van der Waals surface area contributed by atoms with Crippen molar-refractivity contribution in [3.8, 4) is 11.3 Å². The summed E-state index contributed by atoms with van der Waals surface area (Å²) in [5.41, 5.74) is 3.98. The highest BCUT2D eigenvalue weighted by Gasteiger charge is 2.16. The van der Waals surface area contributed by atoms with Crippen LogP contribution in [0.1, 0.15) is 30.0 Å². The minimum absolute atomic E-state index is 0.600. The summed E-state index contributed by atoms with van der Waals surface area (Å²) >= 11 is 1.61. The van der Waals surface area contributed by atoms with E-state index in [1.165, 1.54) is 16.7 Å². The van der Waals surface area contributed by atoms with Gasteiger partial charge in [-0.2, -0.15) is 0 Å². The van der Waals surface area contributed by atoms with E-state index in [4.69, 9.17) is 0 Å². The highest BCUT2D eigenvalue weighted by Crippen LogP contribution is 2.27. The van der Waals surface area contributed by atoms with Crippen molar-refractivity contribution < 1.29 is 5.11 Å². The molecule has 0 saturated carbocycles. The molecule has 96 valence electrons. The van der Waals surface area contributed by atoms with E-state index < -0.39 is 5.60 Å². The first-order valence-corrected chi connectivity index (χ1v) is 6.97. The Bertz CT molecular complexity index is 552. The predicted octanol–water partition coefficient (Wildman–Crippen LogP) is 3.74. The third-order valence-corrected chi connectivity index (χ3v) is 3.65. The molecule has 2 aromatic rings. The van der Waals surface area contributed by atoms with E-state index >= 15 is 0 Å². The average molecular weight is 261 g/mol. The normalized spacial score (nSPS) is 11.8. The van der Waals surface area contributed by atoms with Gasteiger partial charge in [0.2, 0.25) is 0 Å². The number of aryl methyl sites for hydroxylation is 2. The van der Waals surface area contributed by atoms with Crippen LogP contribution in [-0.2, 0) is 6.42 Å². The van der Waals surface area contributed by atoms with Crippen LogP contribution in [-0.4, -0.2) is 15.7 Å². The Labute approximate surface area is 112 Å². The van der Waals surface area contributed by atoms with Gasteiger partial charge < -0.3 is 5.11 Å². The number of aromatic nitrogens is 1. The van der Waals surface area contributed by atoms with Crippen molar-refractivity contribution in [1.82, 2.24) is 4.98 Å². The van der Waals surface area contributed by atoms with Crippen LogP contribution in [0.5, 0.6) is 0 Å². The maximum atomic E-state index is 9.82. The molecule has 0 fully saturated rings. The third kappa shape index (κ3) is 3.18. The highest BCUT2D eigenvalue weighted by molar-refractivity contribution is 7.09. The molecule has 0 aliphatic rings. The van der Waals surface area contributed by atoms with Crippen molar-refractivity contribution >= 4 is 11.3 Å².